The lowest BCUT2D eigenvalue weighted by Crippen LogP contribution is -2.35. The van der Waals surface area contributed by atoms with Crippen LogP contribution in [0.15, 0.2) is 58.7 Å². The number of nitrogens with zero attached hydrogens (tertiary/aromatic N) is 2. The second kappa shape index (κ2) is 8.43. The van der Waals surface area contributed by atoms with Gasteiger partial charge in [-0.15, -0.1) is 0 Å². The Morgan fingerprint density at radius 3 is 1.42 bits per heavy atom. The van der Waals surface area contributed by atoms with Gasteiger partial charge in [0.1, 0.15) is 11.5 Å². The Kier molecular flexibility index (Phi) is 6.05. The molecule has 0 saturated carbocycles. The molecule has 0 atom stereocenters. The van der Waals surface area contributed by atoms with Gasteiger partial charge in [0.25, 0.3) is 0 Å². The smallest absolute Gasteiger partial charge is 0.183 e. The van der Waals surface area contributed by atoms with E-state index in [4.69, 9.17) is 10.8 Å². The maximum atomic E-state index is 9.78. The molecule has 134 valence electrons. The van der Waals surface area contributed by atoms with Crippen LogP contribution in [0.5, 0.6) is 11.5 Å². The number of rotatable bonds is 4. The van der Waals surface area contributed by atoms with Gasteiger partial charge >= 0.3 is 0 Å². The van der Waals surface area contributed by atoms with Crippen molar-refractivity contribution in [2.24, 2.45) is 10.2 Å². The first-order valence-electron chi connectivity index (χ1n) is 7.75. The second-order valence-corrected chi connectivity index (χ2v) is 5.40. The number of para-hydroxylation sites is 2. The lowest BCUT2D eigenvalue weighted by atomic mass is 10.1. The van der Waals surface area contributed by atoms with Crippen molar-refractivity contribution >= 4 is 23.1 Å². The summed E-state index contributed by atoms with van der Waals surface area (Å²) < 4.78 is 0. The number of amidine groups is 2. The van der Waals surface area contributed by atoms with Crippen LogP contribution in [-0.2, 0) is 0 Å². The van der Waals surface area contributed by atoms with E-state index in [0.29, 0.717) is 22.6 Å². The first-order chi connectivity index (χ1) is 12.4. The average molecular weight is 352 g/mol. The minimum atomic E-state index is -0.298. The molecule has 0 radical (unpaired) electrons. The fraction of sp³-hybridized carbons (Fsp3) is 0.111. The van der Waals surface area contributed by atoms with Crippen molar-refractivity contribution in [1.29, 1.82) is 10.8 Å². The quantitative estimate of drug-likeness (QED) is 0.286. The number of benzene rings is 2. The Morgan fingerprint density at radius 1 is 0.731 bits per heavy atom. The van der Waals surface area contributed by atoms with E-state index in [1.54, 1.807) is 62.4 Å². The van der Waals surface area contributed by atoms with Crippen LogP contribution in [0.3, 0.4) is 0 Å². The third-order valence-electron chi connectivity index (χ3n) is 3.51. The summed E-state index contributed by atoms with van der Waals surface area (Å²) in [5.41, 5.74) is 6.87. The van der Waals surface area contributed by atoms with Crippen LogP contribution in [0.25, 0.3) is 0 Å². The zero-order valence-electron chi connectivity index (χ0n) is 14.4. The predicted octanol–water partition coefficient (Wildman–Crippen LogP) is 2.38. The normalized spacial score (nSPS) is 11.8. The molecule has 0 aromatic heterocycles. The molecule has 2 aromatic carbocycles. The molecule has 2 aromatic rings. The van der Waals surface area contributed by atoms with Gasteiger partial charge < -0.3 is 10.2 Å². The van der Waals surface area contributed by atoms with Crippen molar-refractivity contribution in [3.63, 3.8) is 0 Å². The summed E-state index contributed by atoms with van der Waals surface area (Å²) >= 11 is 0. The number of hydrogen-bond acceptors (Lipinski definition) is 6. The Labute approximate surface area is 150 Å². The largest absolute Gasteiger partial charge is 0.507 e. The van der Waals surface area contributed by atoms with Gasteiger partial charge in [-0.05, 0) is 38.1 Å². The molecule has 0 fully saturated rings. The molecule has 8 nitrogen and oxygen atoms in total. The summed E-state index contributed by atoms with van der Waals surface area (Å²) in [7, 11) is 0. The molecular formula is C18H20N6O2. The van der Waals surface area contributed by atoms with Crippen molar-refractivity contribution in [2.45, 2.75) is 13.8 Å². The van der Waals surface area contributed by atoms with Gasteiger partial charge in [-0.25, -0.2) is 0 Å². The highest BCUT2D eigenvalue weighted by atomic mass is 16.3. The minimum absolute atomic E-state index is 0.0816. The number of aromatic hydroxyl groups is 2. The highest BCUT2D eigenvalue weighted by molar-refractivity contribution is 6.38. The first-order valence-corrected chi connectivity index (χ1v) is 7.75. The fourth-order valence-corrected chi connectivity index (χ4v) is 2.07. The molecule has 26 heavy (non-hydrogen) atoms. The summed E-state index contributed by atoms with van der Waals surface area (Å²) in [5, 5.41) is 43.1. The standard InChI is InChI=1S/C18H20N6O2/c1-11(13-7-3-5-9-15(13)25)21-23-17(19)18(20)24-22-12(2)14-8-4-6-10-16(14)26/h3-10,25-26H,1-2H3,(H2,19,23)(H2,20,24)/b21-11-,22-12-. The molecule has 6 N–H and O–H groups in total. The van der Waals surface area contributed by atoms with Crippen molar-refractivity contribution in [1.82, 2.24) is 10.9 Å². The van der Waals surface area contributed by atoms with Gasteiger partial charge in [-0.3, -0.25) is 21.7 Å². The van der Waals surface area contributed by atoms with Gasteiger partial charge in [-0.2, -0.15) is 10.2 Å². The highest BCUT2D eigenvalue weighted by Crippen LogP contribution is 2.16. The number of nitrogens with one attached hydrogen (secondary N) is 4. The van der Waals surface area contributed by atoms with E-state index in [9.17, 15) is 10.2 Å². The molecule has 0 aliphatic carbocycles. The molecule has 0 bridgehead atoms. The van der Waals surface area contributed by atoms with Crippen molar-refractivity contribution in [2.75, 3.05) is 0 Å². The van der Waals surface area contributed by atoms with Crippen molar-refractivity contribution in [3.8, 4) is 11.5 Å². The van der Waals surface area contributed by atoms with E-state index >= 15 is 0 Å². The lowest BCUT2D eigenvalue weighted by molar-refractivity contribution is 0.473. The zero-order chi connectivity index (χ0) is 19.1. The first kappa shape index (κ1) is 18.7. The number of hydrazone groups is 2. The van der Waals surface area contributed by atoms with Gasteiger partial charge in [0.15, 0.2) is 11.7 Å². The number of hydrogen-bond donors (Lipinski definition) is 6. The molecule has 0 aliphatic rings. The van der Waals surface area contributed by atoms with E-state index in [2.05, 4.69) is 21.1 Å². The van der Waals surface area contributed by atoms with Gasteiger partial charge in [0.05, 0.1) is 11.4 Å². The van der Waals surface area contributed by atoms with Gasteiger partial charge in [-0.1, -0.05) is 24.3 Å². The molecule has 0 amide bonds. The predicted molar refractivity (Wildman–Crippen MR) is 102 cm³/mol. The van der Waals surface area contributed by atoms with Crippen LogP contribution in [-0.4, -0.2) is 33.3 Å². The summed E-state index contributed by atoms with van der Waals surface area (Å²) in [5.74, 6) is -0.432. The minimum Gasteiger partial charge on any atom is -0.507 e. The molecular weight excluding hydrogens is 332 g/mol. The maximum absolute atomic E-state index is 9.78. The van der Waals surface area contributed by atoms with Crippen LogP contribution in [0.2, 0.25) is 0 Å². The molecule has 0 aliphatic heterocycles. The van der Waals surface area contributed by atoms with Crippen LogP contribution < -0.4 is 10.9 Å². The van der Waals surface area contributed by atoms with Crippen molar-refractivity contribution < 1.29 is 10.2 Å². The van der Waals surface area contributed by atoms with Gasteiger partial charge in [0, 0.05) is 11.1 Å². The topological polar surface area (TPSA) is 137 Å². The molecule has 0 heterocycles. The number of phenolic OH excluding ortho intramolecular Hbond substituents is 2. The zero-order valence-corrected chi connectivity index (χ0v) is 14.4. The molecule has 0 unspecified atom stereocenters. The maximum Gasteiger partial charge on any atom is 0.183 e. The third-order valence-corrected chi connectivity index (χ3v) is 3.51. The van der Waals surface area contributed by atoms with E-state index in [1.165, 1.54) is 0 Å². The van der Waals surface area contributed by atoms with Crippen LogP contribution >= 0.6 is 0 Å². The Balaban J connectivity index is 1.99. The average Bonchev–Trinajstić information content (AvgIpc) is 2.64. The molecule has 2 rings (SSSR count). The Hall–Kier alpha value is -3.68. The van der Waals surface area contributed by atoms with Crippen LogP contribution in [0.4, 0.5) is 0 Å². The third kappa shape index (κ3) is 4.67. The van der Waals surface area contributed by atoms with Crippen LogP contribution in [0, 0.1) is 10.8 Å². The SMILES string of the molecule is C/C(=N/NC(=N)C(=N)N/N=C(/C)c1ccccc1O)c1ccccc1O. The summed E-state index contributed by atoms with van der Waals surface area (Å²) in [6, 6.07) is 13.4. The van der Waals surface area contributed by atoms with E-state index in [1.807, 2.05) is 0 Å². The number of phenols is 2. The molecule has 0 saturated heterocycles. The Bertz CT molecular complexity index is 815. The Morgan fingerprint density at radius 2 is 1.08 bits per heavy atom. The van der Waals surface area contributed by atoms with E-state index < -0.39 is 0 Å². The van der Waals surface area contributed by atoms with Crippen LogP contribution in [0.1, 0.15) is 25.0 Å². The summed E-state index contributed by atoms with van der Waals surface area (Å²) in [6.45, 7) is 3.35. The lowest BCUT2D eigenvalue weighted by Gasteiger charge is -2.08. The van der Waals surface area contributed by atoms with E-state index in [-0.39, 0.29) is 23.2 Å². The van der Waals surface area contributed by atoms with Gasteiger partial charge in [0.2, 0.25) is 0 Å². The highest BCUT2D eigenvalue weighted by Gasteiger charge is 2.07. The summed E-state index contributed by atoms with van der Waals surface area (Å²) in [6.07, 6.45) is 0. The molecule has 0 spiro atoms. The second-order valence-electron chi connectivity index (χ2n) is 5.40. The fourth-order valence-electron chi connectivity index (χ4n) is 2.07. The monoisotopic (exact) mass is 352 g/mol. The molecule has 8 heteroatoms. The van der Waals surface area contributed by atoms with E-state index in [0.717, 1.165) is 0 Å². The van der Waals surface area contributed by atoms with Crippen molar-refractivity contribution in [3.05, 3.63) is 59.7 Å². The summed E-state index contributed by atoms with van der Waals surface area (Å²) in [4.78, 5) is 0.